The van der Waals surface area contributed by atoms with Crippen LogP contribution in [0.25, 0.3) is 0 Å². The summed E-state index contributed by atoms with van der Waals surface area (Å²) in [4.78, 5) is 2.62. The van der Waals surface area contributed by atoms with Gasteiger partial charge in [-0.15, -0.1) is 0 Å². The highest BCUT2D eigenvalue weighted by atomic mass is 16.3. The largest absolute Gasteiger partial charge is 0.393 e. The van der Waals surface area contributed by atoms with Crippen molar-refractivity contribution < 1.29 is 5.11 Å². The lowest BCUT2D eigenvalue weighted by Crippen LogP contribution is -2.49. The standard InChI is InChI=1S/C14H28N2O/c1-3-14(17)7-12-6-13(15-2)10-16(9-12)8-11-4-5-11/h11-15,17H,3-10H2,1-2H3. The van der Waals surface area contributed by atoms with Crippen molar-refractivity contribution in [2.45, 2.75) is 51.2 Å². The zero-order chi connectivity index (χ0) is 12.3. The maximum atomic E-state index is 9.81. The predicted molar refractivity (Wildman–Crippen MR) is 71.0 cm³/mol. The first kappa shape index (κ1) is 13.3. The topological polar surface area (TPSA) is 35.5 Å². The summed E-state index contributed by atoms with van der Waals surface area (Å²) in [7, 11) is 2.07. The summed E-state index contributed by atoms with van der Waals surface area (Å²) in [5.41, 5.74) is 0. The normalized spacial score (nSPS) is 32.6. The predicted octanol–water partition coefficient (Wildman–Crippen LogP) is 1.47. The van der Waals surface area contributed by atoms with E-state index in [1.165, 1.54) is 38.9 Å². The minimum Gasteiger partial charge on any atom is -0.393 e. The maximum absolute atomic E-state index is 9.81. The molecular weight excluding hydrogens is 212 g/mol. The average molecular weight is 240 g/mol. The van der Waals surface area contributed by atoms with Crippen LogP contribution in [0.1, 0.15) is 39.0 Å². The molecule has 3 heteroatoms. The van der Waals surface area contributed by atoms with Gasteiger partial charge >= 0.3 is 0 Å². The third-order valence-electron chi connectivity index (χ3n) is 4.31. The average Bonchev–Trinajstić information content (AvgIpc) is 3.12. The molecule has 2 fully saturated rings. The van der Waals surface area contributed by atoms with E-state index in [-0.39, 0.29) is 6.10 Å². The van der Waals surface area contributed by atoms with Gasteiger partial charge in [0.15, 0.2) is 0 Å². The van der Waals surface area contributed by atoms with Crippen molar-refractivity contribution in [1.29, 1.82) is 0 Å². The Labute approximate surface area is 106 Å². The van der Waals surface area contributed by atoms with Gasteiger partial charge in [-0.3, -0.25) is 0 Å². The molecule has 1 saturated heterocycles. The van der Waals surface area contributed by atoms with E-state index in [9.17, 15) is 5.11 Å². The highest BCUT2D eigenvalue weighted by Crippen LogP contribution is 2.32. The van der Waals surface area contributed by atoms with Gasteiger partial charge in [-0.25, -0.2) is 0 Å². The molecule has 1 heterocycles. The third-order valence-corrected chi connectivity index (χ3v) is 4.31. The molecule has 1 saturated carbocycles. The Morgan fingerprint density at radius 1 is 1.29 bits per heavy atom. The number of likely N-dealkylation sites (N-methyl/N-ethyl adjacent to an activating group) is 1. The molecule has 0 radical (unpaired) electrons. The van der Waals surface area contributed by atoms with Crippen molar-refractivity contribution in [3.05, 3.63) is 0 Å². The minimum absolute atomic E-state index is 0.0987. The molecule has 0 aromatic carbocycles. The SMILES string of the molecule is CCC(O)CC1CC(NC)CN(CC2CC2)C1. The van der Waals surface area contributed by atoms with Crippen LogP contribution in [-0.2, 0) is 0 Å². The van der Waals surface area contributed by atoms with Gasteiger partial charge in [0.05, 0.1) is 6.10 Å². The van der Waals surface area contributed by atoms with Crippen molar-refractivity contribution in [3.63, 3.8) is 0 Å². The number of nitrogens with one attached hydrogen (secondary N) is 1. The maximum Gasteiger partial charge on any atom is 0.0540 e. The van der Waals surface area contributed by atoms with Crippen molar-refractivity contribution in [1.82, 2.24) is 10.2 Å². The molecule has 0 aromatic heterocycles. The van der Waals surface area contributed by atoms with Gasteiger partial charge in [0, 0.05) is 25.7 Å². The van der Waals surface area contributed by atoms with Crippen LogP contribution in [0.2, 0.25) is 0 Å². The fraction of sp³-hybridized carbons (Fsp3) is 1.00. The van der Waals surface area contributed by atoms with E-state index < -0.39 is 0 Å². The first-order chi connectivity index (χ1) is 8.21. The Kier molecular flexibility index (Phi) is 4.83. The number of rotatable bonds is 6. The number of hydrogen-bond acceptors (Lipinski definition) is 3. The van der Waals surface area contributed by atoms with E-state index in [0.717, 1.165) is 18.8 Å². The summed E-state index contributed by atoms with van der Waals surface area (Å²) in [6.07, 6.45) is 5.87. The molecule has 2 N–H and O–H groups in total. The number of likely N-dealkylation sites (tertiary alicyclic amines) is 1. The van der Waals surface area contributed by atoms with Crippen molar-refractivity contribution in [3.8, 4) is 0 Å². The molecule has 3 unspecified atom stereocenters. The zero-order valence-corrected chi connectivity index (χ0v) is 11.4. The summed E-state index contributed by atoms with van der Waals surface area (Å²) >= 11 is 0. The first-order valence-electron chi connectivity index (χ1n) is 7.29. The minimum atomic E-state index is -0.0987. The molecule has 1 aliphatic heterocycles. The van der Waals surface area contributed by atoms with E-state index in [4.69, 9.17) is 0 Å². The van der Waals surface area contributed by atoms with Gasteiger partial charge in [-0.2, -0.15) is 0 Å². The molecule has 17 heavy (non-hydrogen) atoms. The monoisotopic (exact) mass is 240 g/mol. The highest BCUT2D eigenvalue weighted by Gasteiger charge is 2.31. The van der Waals surface area contributed by atoms with Gasteiger partial charge in [0.1, 0.15) is 0 Å². The fourth-order valence-corrected chi connectivity index (χ4v) is 3.05. The van der Waals surface area contributed by atoms with Crippen LogP contribution in [0.4, 0.5) is 0 Å². The number of piperidine rings is 1. The van der Waals surface area contributed by atoms with E-state index in [1.807, 2.05) is 0 Å². The Bertz CT molecular complexity index is 228. The molecule has 100 valence electrons. The summed E-state index contributed by atoms with van der Waals surface area (Å²) in [5, 5.41) is 13.2. The summed E-state index contributed by atoms with van der Waals surface area (Å²) in [6, 6.07) is 0.622. The molecule has 0 bridgehead atoms. The van der Waals surface area contributed by atoms with Crippen LogP contribution in [-0.4, -0.2) is 48.8 Å². The Morgan fingerprint density at radius 2 is 2.06 bits per heavy atom. The van der Waals surface area contributed by atoms with E-state index in [1.54, 1.807) is 0 Å². The number of aliphatic hydroxyl groups is 1. The van der Waals surface area contributed by atoms with Crippen molar-refractivity contribution in [2.24, 2.45) is 11.8 Å². The van der Waals surface area contributed by atoms with Gasteiger partial charge < -0.3 is 15.3 Å². The van der Waals surface area contributed by atoms with Crippen LogP contribution < -0.4 is 5.32 Å². The second-order valence-electron chi connectivity index (χ2n) is 6.05. The molecular formula is C14H28N2O. The second-order valence-corrected chi connectivity index (χ2v) is 6.05. The lowest BCUT2D eigenvalue weighted by molar-refractivity contribution is 0.0833. The molecule has 1 aliphatic carbocycles. The lowest BCUT2D eigenvalue weighted by Gasteiger charge is -2.38. The molecule has 0 amide bonds. The van der Waals surface area contributed by atoms with Crippen molar-refractivity contribution in [2.75, 3.05) is 26.7 Å². The number of hydrogen-bond donors (Lipinski definition) is 2. The van der Waals surface area contributed by atoms with Crippen LogP contribution in [0, 0.1) is 11.8 Å². The van der Waals surface area contributed by atoms with E-state index >= 15 is 0 Å². The Balaban J connectivity index is 1.82. The number of aliphatic hydroxyl groups excluding tert-OH is 1. The summed E-state index contributed by atoms with van der Waals surface area (Å²) in [6.45, 7) is 5.76. The summed E-state index contributed by atoms with van der Waals surface area (Å²) < 4.78 is 0. The van der Waals surface area contributed by atoms with Gasteiger partial charge in [-0.05, 0) is 51.0 Å². The molecule has 2 aliphatic rings. The van der Waals surface area contributed by atoms with Crippen LogP contribution in [0.3, 0.4) is 0 Å². The quantitative estimate of drug-likeness (QED) is 0.738. The van der Waals surface area contributed by atoms with Crippen LogP contribution in [0.15, 0.2) is 0 Å². The molecule has 3 atom stereocenters. The molecule has 3 nitrogen and oxygen atoms in total. The van der Waals surface area contributed by atoms with E-state index in [2.05, 4.69) is 24.2 Å². The molecule has 0 aromatic rings. The third kappa shape index (κ3) is 4.23. The molecule has 2 rings (SSSR count). The Hall–Kier alpha value is -0.120. The van der Waals surface area contributed by atoms with Crippen molar-refractivity contribution >= 4 is 0 Å². The highest BCUT2D eigenvalue weighted by molar-refractivity contribution is 4.87. The number of nitrogens with zero attached hydrogens (tertiary/aromatic N) is 1. The van der Waals surface area contributed by atoms with E-state index in [0.29, 0.717) is 12.0 Å². The van der Waals surface area contributed by atoms with Crippen LogP contribution in [0.5, 0.6) is 0 Å². The fourth-order valence-electron chi connectivity index (χ4n) is 3.05. The molecule has 0 spiro atoms. The van der Waals surface area contributed by atoms with Gasteiger partial charge in [0.2, 0.25) is 0 Å². The zero-order valence-electron chi connectivity index (χ0n) is 11.4. The lowest BCUT2D eigenvalue weighted by atomic mass is 9.89. The first-order valence-corrected chi connectivity index (χ1v) is 7.29. The summed E-state index contributed by atoms with van der Waals surface area (Å²) in [5.74, 6) is 1.65. The smallest absolute Gasteiger partial charge is 0.0540 e. The second kappa shape index (κ2) is 6.17. The van der Waals surface area contributed by atoms with Crippen LogP contribution >= 0.6 is 0 Å². The Morgan fingerprint density at radius 3 is 2.65 bits per heavy atom. The van der Waals surface area contributed by atoms with Gasteiger partial charge in [0.25, 0.3) is 0 Å². The van der Waals surface area contributed by atoms with Gasteiger partial charge in [-0.1, -0.05) is 6.92 Å².